The van der Waals surface area contributed by atoms with Crippen molar-refractivity contribution in [3.05, 3.63) is 84.1 Å². The average Bonchev–Trinajstić information content (AvgIpc) is 3.23. The fourth-order valence-corrected chi connectivity index (χ4v) is 8.21. The number of anilines is 1. The topological polar surface area (TPSA) is 155 Å². The largest absolute Gasteiger partial charge is 0.384 e. The standard InChI is InChI=1S/C24H31N5O2.C17H23N3O2.2ClH/c1-17(20-5-11-27-22(25)16-20)28-12-8-19(9-13-28)24(31)29-14-6-18(7-15-29)23(30)21-4-2-3-10-26-21;21-16(15-3-1-2-8-19-15)13-6-11-20(12-7-13)17(22)14-4-9-18-10-5-14;;/h2-5,10-11,16-19H,6-9,12-15H2,1H3,(H2,25,27);1-3,8,13-14,18H,4-7,9-12H2;2*1H. The first-order valence-electron chi connectivity index (χ1n) is 19.4. The van der Waals surface area contributed by atoms with Crippen molar-refractivity contribution in [1.29, 1.82) is 0 Å². The second-order valence-electron chi connectivity index (χ2n) is 14.9. The number of ketones is 2. The van der Waals surface area contributed by atoms with Gasteiger partial charge in [-0.25, -0.2) is 4.98 Å². The normalized spacial score (nSPS) is 19.5. The van der Waals surface area contributed by atoms with Crippen molar-refractivity contribution < 1.29 is 19.2 Å². The number of halogens is 2. The van der Waals surface area contributed by atoms with Crippen LogP contribution in [0.1, 0.15) is 90.9 Å². The van der Waals surface area contributed by atoms with Gasteiger partial charge in [-0.1, -0.05) is 12.1 Å². The Morgan fingerprint density at radius 1 is 0.618 bits per heavy atom. The highest BCUT2D eigenvalue weighted by Gasteiger charge is 2.35. The molecule has 0 radical (unpaired) electrons. The number of nitrogens with two attached hydrogens (primary N) is 1. The van der Waals surface area contributed by atoms with Crippen LogP contribution >= 0.6 is 24.8 Å². The van der Waals surface area contributed by atoms with Crippen molar-refractivity contribution in [2.24, 2.45) is 23.7 Å². The molecule has 0 aliphatic carbocycles. The fraction of sp³-hybridized carbons (Fsp3) is 0.537. The Morgan fingerprint density at radius 3 is 1.51 bits per heavy atom. The lowest BCUT2D eigenvalue weighted by Gasteiger charge is -2.39. The summed E-state index contributed by atoms with van der Waals surface area (Å²) >= 11 is 0. The molecule has 4 fully saturated rings. The van der Waals surface area contributed by atoms with Gasteiger partial charge in [-0.05, 0) is 126 Å². The minimum absolute atomic E-state index is 0. The van der Waals surface area contributed by atoms with Gasteiger partial charge in [0.05, 0.1) is 0 Å². The lowest BCUT2D eigenvalue weighted by atomic mass is 9.88. The van der Waals surface area contributed by atoms with E-state index in [0.29, 0.717) is 43.4 Å². The van der Waals surface area contributed by atoms with E-state index in [4.69, 9.17) is 5.73 Å². The zero-order chi connectivity index (χ0) is 37.2. The van der Waals surface area contributed by atoms with Crippen LogP contribution in [0, 0.1) is 23.7 Å². The van der Waals surface area contributed by atoms with Crippen molar-refractivity contribution >= 4 is 54.0 Å². The van der Waals surface area contributed by atoms with Crippen LogP contribution < -0.4 is 11.1 Å². The number of amides is 2. The van der Waals surface area contributed by atoms with Crippen molar-refractivity contribution in [3.8, 4) is 0 Å². The van der Waals surface area contributed by atoms with Crippen LogP contribution in [0.4, 0.5) is 5.82 Å². The van der Waals surface area contributed by atoms with Crippen molar-refractivity contribution in [2.45, 2.75) is 64.3 Å². The summed E-state index contributed by atoms with van der Waals surface area (Å²) in [6.45, 7) is 8.57. The van der Waals surface area contributed by atoms with Crippen LogP contribution in [-0.2, 0) is 9.59 Å². The molecule has 1 unspecified atom stereocenters. The third-order valence-corrected chi connectivity index (χ3v) is 11.6. The number of hydrogen-bond donors (Lipinski definition) is 2. The molecule has 55 heavy (non-hydrogen) atoms. The molecular formula is C41H56Cl2N8O4. The third-order valence-electron chi connectivity index (χ3n) is 11.6. The van der Waals surface area contributed by atoms with E-state index in [2.05, 4.69) is 32.1 Å². The number of carbonyl (C=O) groups excluding carboxylic acids is 4. The number of nitrogen functional groups attached to an aromatic ring is 1. The summed E-state index contributed by atoms with van der Waals surface area (Å²) < 4.78 is 0. The Labute approximate surface area is 337 Å². The number of nitrogens with zero attached hydrogens (tertiary/aromatic N) is 6. The minimum Gasteiger partial charge on any atom is -0.384 e. The molecule has 3 N–H and O–H groups in total. The molecular weight excluding hydrogens is 739 g/mol. The predicted octanol–water partition coefficient (Wildman–Crippen LogP) is 5.30. The molecule has 14 heteroatoms. The van der Waals surface area contributed by atoms with E-state index >= 15 is 0 Å². The predicted molar refractivity (Wildman–Crippen MR) is 217 cm³/mol. The van der Waals surface area contributed by atoms with Crippen LogP contribution in [0.25, 0.3) is 0 Å². The summed E-state index contributed by atoms with van der Waals surface area (Å²) in [4.78, 5) is 69.4. The molecule has 4 saturated heterocycles. The molecule has 7 rings (SSSR count). The first-order chi connectivity index (χ1) is 25.8. The van der Waals surface area contributed by atoms with Gasteiger partial charge in [0.1, 0.15) is 17.2 Å². The van der Waals surface area contributed by atoms with Crippen LogP contribution in [0.3, 0.4) is 0 Å². The van der Waals surface area contributed by atoms with Gasteiger partial charge >= 0.3 is 0 Å². The molecule has 0 spiro atoms. The maximum Gasteiger partial charge on any atom is 0.225 e. The summed E-state index contributed by atoms with van der Waals surface area (Å²) in [6.07, 6.45) is 11.6. The quantitative estimate of drug-likeness (QED) is 0.287. The highest BCUT2D eigenvalue weighted by atomic mass is 35.5. The summed E-state index contributed by atoms with van der Waals surface area (Å²) in [5.41, 5.74) is 8.07. The zero-order valence-corrected chi connectivity index (χ0v) is 33.4. The second kappa shape index (κ2) is 21.4. The molecule has 4 aliphatic rings. The van der Waals surface area contributed by atoms with Crippen molar-refractivity contribution in [1.82, 2.24) is 35.0 Å². The van der Waals surface area contributed by atoms with E-state index in [1.54, 1.807) is 30.7 Å². The zero-order valence-electron chi connectivity index (χ0n) is 31.8. The highest BCUT2D eigenvalue weighted by Crippen LogP contribution is 2.30. The smallest absolute Gasteiger partial charge is 0.225 e. The number of piperidine rings is 4. The average molecular weight is 796 g/mol. The van der Waals surface area contributed by atoms with E-state index in [0.717, 1.165) is 83.1 Å². The summed E-state index contributed by atoms with van der Waals surface area (Å²) in [7, 11) is 0. The van der Waals surface area contributed by atoms with Gasteiger partial charge in [-0.15, -0.1) is 24.8 Å². The lowest BCUT2D eigenvalue weighted by molar-refractivity contribution is -0.139. The van der Waals surface area contributed by atoms with Gasteiger partial charge in [0.25, 0.3) is 0 Å². The Balaban J connectivity index is 0.000000249. The number of Topliss-reactive ketones (excluding diaryl/α,β-unsaturated/α-hetero) is 2. The molecule has 0 bridgehead atoms. The Kier molecular flexibility index (Phi) is 17.0. The number of aromatic nitrogens is 3. The van der Waals surface area contributed by atoms with Gasteiger partial charge in [0.2, 0.25) is 11.8 Å². The number of pyridine rings is 3. The fourth-order valence-electron chi connectivity index (χ4n) is 8.21. The van der Waals surface area contributed by atoms with Gasteiger partial charge in [-0.3, -0.25) is 34.0 Å². The number of nitrogens with one attached hydrogen (secondary N) is 1. The molecule has 12 nitrogen and oxygen atoms in total. The van der Waals surface area contributed by atoms with Gasteiger partial charge in [0, 0.05) is 74.5 Å². The Morgan fingerprint density at radius 2 is 1.07 bits per heavy atom. The lowest BCUT2D eigenvalue weighted by Crippen LogP contribution is -2.46. The molecule has 1 atom stereocenters. The number of hydrogen-bond acceptors (Lipinski definition) is 10. The molecule has 0 aromatic carbocycles. The molecule has 298 valence electrons. The first-order valence-corrected chi connectivity index (χ1v) is 19.4. The molecule has 0 saturated carbocycles. The molecule has 2 amide bonds. The number of likely N-dealkylation sites (tertiary alicyclic amines) is 3. The summed E-state index contributed by atoms with van der Waals surface area (Å²) in [6, 6.07) is 15.1. The van der Waals surface area contributed by atoms with Crippen LogP contribution in [0.15, 0.2) is 67.1 Å². The second-order valence-corrected chi connectivity index (χ2v) is 14.9. The maximum atomic E-state index is 13.1. The van der Waals surface area contributed by atoms with Gasteiger partial charge in [-0.2, -0.15) is 0 Å². The molecule has 4 aliphatic heterocycles. The van der Waals surface area contributed by atoms with Crippen LogP contribution in [0.2, 0.25) is 0 Å². The molecule has 7 heterocycles. The third kappa shape index (κ3) is 11.5. The monoisotopic (exact) mass is 794 g/mol. The first kappa shape index (κ1) is 43.8. The van der Waals surface area contributed by atoms with Crippen LogP contribution in [0.5, 0.6) is 0 Å². The molecule has 3 aromatic rings. The minimum atomic E-state index is -0.0329. The molecule has 3 aromatic heterocycles. The van der Waals surface area contributed by atoms with E-state index < -0.39 is 0 Å². The maximum absolute atomic E-state index is 13.1. The SMILES string of the molecule is CC(c1ccnc(N)c1)N1CCC(C(=O)N2CCC(C(=O)c3ccccn3)CC2)CC1.Cl.Cl.O=C(c1ccccn1)C1CCN(C(=O)C2CCNCC2)CC1. The Hall–Kier alpha value is -3.97. The summed E-state index contributed by atoms with van der Waals surface area (Å²) in [5, 5.41) is 3.29. The number of carbonyl (C=O) groups is 4. The Bertz CT molecular complexity index is 1670. The van der Waals surface area contributed by atoms with E-state index in [1.165, 1.54) is 0 Å². The van der Waals surface area contributed by atoms with Crippen LogP contribution in [-0.4, -0.2) is 105 Å². The van der Waals surface area contributed by atoms with Crippen molar-refractivity contribution in [2.75, 3.05) is 58.1 Å². The van der Waals surface area contributed by atoms with Crippen molar-refractivity contribution in [3.63, 3.8) is 0 Å². The van der Waals surface area contributed by atoms with Gasteiger partial charge < -0.3 is 20.9 Å². The summed E-state index contributed by atoms with van der Waals surface area (Å²) in [5.74, 6) is 1.52. The van der Waals surface area contributed by atoms with E-state index in [-0.39, 0.29) is 77.9 Å². The van der Waals surface area contributed by atoms with E-state index in [9.17, 15) is 19.2 Å². The van der Waals surface area contributed by atoms with Gasteiger partial charge in [0.15, 0.2) is 11.6 Å². The van der Waals surface area contributed by atoms with E-state index in [1.807, 2.05) is 46.2 Å². The number of rotatable bonds is 8. The highest BCUT2D eigenvalue weighted by molar-refractivity contribution is 5.96.